The number of benzene rings is 2. The molecule has 1 aliphatic rings. The molecule has 0 saturated heterocycles. The molecule has 0 amide bonds. The monoisotopic (exact) mass is 461 g/mol. The summed E-state index contributed by atoms with van der Waals surface area (Å²) < 4.78 is 44.4. The van der Waals surface area contributed by atoms with Crippen LogP contribution >= 0.6 is 0 Å². The van der Waals surface area contributed by atoms with Gasteiger partial charge in [0.15, 0.2) is 11.5 Å². The SMILES string of the molecule is COC(=O)CC1c2cc(OC)c(OC)cc2CCN1S(=O)(=O)c1ccc(C(C)(C)C)cc1. The third kappa shape index (κ3) is 4.61. The van der Waals surface area contributed by atoms with Gasteiger partial charge in [-0.1, -0.05) is 32.9 Å². The summed E-state index contributed by atoms with van der Waals surface area (Å²) in [6.07, 6.45) is 0.394. The first-order valence-corrected chi connectivity index (χ1v) is 11.9. The van der Waals surface area contributed by atoms with Gasteiger partial charge < -0.3 is 14.2 Å². The fraction of sp³-hybridized carbons (Fsp3) is 0.458. The topological polar surface area (TPSA) is 82.1 Å². The summed E-state index contributed by atoms with van der Waals surface area (Å²) in [6.45, 7) is 6.47. The van der Waals surface area contributed by atoms with Gasteiger partial charge in [0, 0.05) is 6.54 Å². The zero-order valence-electron chi connectivity index (χ0n) is 19.5. The molecular formula is C24H31NO6S. The van der Waals surface area contributed by atoms with Crippen molar-refractivity contribution in [2.45, 2.75) is 50.0 Å². The number of fused-ring (bicyclic) bond motifs is 1. The lowest BCUT2D eigenvalue weighted by molar-refractivity contribution is -0.141. The number of carbonyl (C=O) groups is 1. The molecular weight excluding hydrogens is 430 g/mol. The molecule has 0 fully saturated rings. The average molecular weight is 462 g/mol. The van der Waals surface area contributed by atoms with Crippen LogP contribution in [0.15, 0.2) is 41.3 Å². The molecule has 2 aromatic rings. The summed E-state index contributed by atoms with van der Waals surface area (Å²) >= 11 is 0. The minimum absolute atomic E-state index is 0.0879. The van der Waals surface area contributed by atoms with Crippen molar-refractivity contribution in [2.24, 2.45) is 0 Å². The van der Waals surface area contributed by atoms with E-state index in [4.69, 9.17) is 14.2 Å². The van der Waals surface area contributed by atoms with Crippen molar-refractivity contribution < 1.29 is 27.4 Å². The van der Waals surface area contributed by atoms with Crippen LogP contribution in [0.5, 0.6) is 11.5 Å². The Labute approximate surface area is 190 Å². The molecule has 0 spiro atoms. The maximum Gasteiger partial charge on any atom is 0.307 e. The standard InChI is InChI=1S/C24H31NO6S/c1-24(2,3)17-7-9-18(10-8-17)32(27,28)25-12-11-16-13-21(29-4)22(30-5)14-19(16)20(25)15-23(26)31-6/h7-10,13-14,20H,11-12,15H2,1-6H3. The maximum atomic E-state index is 13.6. The number of rotatable bonds is 6. The first-order valence-electron chi connectivity index (χ1n) is 10.5. The van der Waals surface area contributed by atoms with Crippen LogP contribution in [0.2, 0.25) is 0 Å². The zero-order chi connectivity index (χ0) is 23.7. The van der Waals surface area contributed by atoms with Crippen LogP contribution in [0.3, 0.4) is 0 Å². The lowest BCUT2D eigenvalue weighted by Gasteiger charge is -2.36. The molecule has 1 atom stereocenters. The molecule has 0 radical (unpaired) electrons. The molecule has 0 aliphatic carbocycles. The van der Waals surface area contributed by atoms with Crippen LogP contribution in [-0.2, 0) is 31.4 Å². The van der Waals surface area contributed by atoms with Crippen LogP contribution in [0.25, 0.3) is 0 Å². The van der Waals surface area contributed by atoms with E-state index < -0.39 is 22.0 Å². The molecule has 1 unspecified atom stereocenters. The van der Waals surface area contributed by atoms with Gasteiger partial charge in [0.1, 0.15) is 0 Å². The van der Waals surface area contributed by atoms with Crippen LogP contribution in [0.4, 0.5) is 0 Å². The number of hydrogen-bond donors (Lipinski definition) is 0. The van der Waals surface area contributed by atoms with Gasteiger partial charge in [0.25, 0.3) is 0 Å². The molecule has 0 N–H and O–H groups in total. The Hall–Kier alpha value is -2.58. The highest BCUT2D eigenvalue weighted by Crippen LogP contribution is 2.41. The van der Waals surface area contributed by atoms with Gasteiger partial charge in [0.2, 0.25) is 10.0 Å². The molecule has 1 heterocycles. The predicted octanol–water partition coefficient (Wildman–Crippen LogP) is 3.85. The van der Waals surface area contributed by atoms with Gasteiger partial charge in [0.05, 0.1) is 38.7 Å². The normalized spacial score (nSPS) is 16.9. The van der Waals surface area contributed by atoms with Crippen LogP contribution in [-0.4, -0.2) is 46.6 Å². The predicted molar refractivity (Wildman–Crippen MR) is 122 cm³/mol. The van der Waals surface area contributed by atoms with Crippen LogP contribution < -0.4 is 9.47 Å². The van der Waals surface area contributed by atoms with Crippen molar-refractivity contribution in [1.82, 2.24) is 4.31 Å². The summed E-state index contributed by atoms with van der Waals surface area (Å²) in [7, 11) is 0.519. The third-order valence-electron chi connectivity index (χ3n) is 5.87. The summed E-state index contributed by atoms with van der Waals surface area (Å²) in [5.41, 5.74) is 2.60. The van der Waals surface area contributed by atoms with Gasteiger partial charge in [-0.05, 0) is 52.8 Å². The number of nitrogens with zero attached hydrogens (tertiary/aromatic N) is 1. The van der Waals surface area contributed by atoms with E-state index in [9.17, 15) is 13.2 Å². The van der Waals surface area contributed by atoms with E-state index in [0.29, 0.717) is 23.5 Å². The number of hydrogen-bond acceptors (Lipinski definition) is 6. The Balaban J connectivity index is 2.07. The second-order valence-corrected chi connectivity index (χ2v) is 10.7. The molecule has 0 saturated carbocycles. The van der Waals surface area contributed by atoms with Crippen molar-refractivity contribution in [2.75, 3.05) is 27.9 Å². The Morgan fingerprint density at radius 3 is 2.16 bits per heavy atom. The maximum absolute atomic E-state index is 13.6. The smallest absolute Gasteiger partial charge is 0.307 e. The molecule has 1 aliphatic heterocycles. The van der Waals surface area contributed by atoms with E-state index in [0.717, 1.165) is 11.1 Å². The number of esters is 1. The van der Waals surface area contributed by atoms with Crippen molar-refractivity contribution in [3.63, 3.8) is 0 Å². The van der Waals surface area contributed by atoms with Crippen molar-refractivity contribution in [1.29, 1.82) is 0 Å². The molecule has 7 nitrogen and oxygen atoms in total. The highest BCUT2D eigenvalue weighted by Gasteiger charge is 2.38. The lowest BCUT2D eigenvalue weighted by atomic mass is 9.87. The number of sulfonamides is 1. The van der Waals surface area contributed by atoms with Crippen molar-refractivity contribution in [3.8, 4) is 11.5 Å². The molecule has 8 heteroatoms. The minimum Gasteiger partial charge on any atom is -0.493 e. The highest BCUT2D eigenvalue weighted by atomic mass is 32.2. The molecule has 2 aromatic carbocycles. The van der Waals surface area contributed by atoms with E-state index in [1.54, 1.807) is 25.3 Å². The summed E-state index contributed by atoms with van der Waals surface area (Å²) in [5.74, 6) is 0.563. The Morgan fingerprint density at radius 1 is 1.03 bits per heavy atom. The van der Waals surface area contributed by atoms with Gasteiger partial charge in [-0.2, -0.15) is 4.31 Å². The molecule has 3 rings (SSSR count). The molecule has 0 aromatic heterocycles. The van der Waals surface area contributed by atoms with Crippen LogP contribution in [0.1, 0.15) is 49.9 Å². The highest BCUT2D eigenvalue weighted by molar-refractivity contribution is 7.89. The third-order valence-corrected chi connectivity index (χ3v) is 7.79. The summed E-state index contributed by atoms with van der Waals surface area (Å²) in [6, 6.07) is 9.84. The van der Waals surface area contributed by atoms with Crippen molar-refractivity contribution in [3.05, 3.63) is 53.1 Å². The van der Waals surface area contributed by atoms with Gasteiger partial charge in [-0.25, -0.2) is 8.42 Å². The fourth-order valence-electron chi connectivity index (χ4n) is 4.01. The first-order chi connectivity index (χ1) is 15.0. The van der Waals surface area contributed by atoms with Crippen LogP contribution in [0, 0.1) is 0 Å². The molecule has 174 valence electrons. The van der Waals surface area contributed by atoms with Crippen molar-refractivity contribution >= 4 is 16.0 Å². The minimum atomic E-state index is -3.85. The Bertz CT molecular complexity index is 1090. The molecule has 32 heavy (non-hydrogen) atoms. The van der Waals surface area contributed by atoms with E-state index in [1.165, 1.54) is 18.5 Å². The number of ether oxygens (including phenoxy) is 3. The summed E-state index contributed by atoms with van der Waals surface area (Å²) in [5, 5.41) is 0. The largest absolute Gasteiger partial charge is 0.493 e. The van der Waals surface area contributed by atoms with E-state index in [2.05, 4.69) is 20.8 Å². The number of methoxy groups -OCH3 is 3. The van der Waals surface area contributed by atoms with Gasteiger partial charge in [-0.3, -0.25) is 4.79 Å². The second kappa shape index (κ2) is 9.11. The Morgan fingerprint density at radius 2 is 1.62 bits per heavy atom. The lowest BCUT2D eigenvalue weighted by Crippen LogP contribution is -2.41. The van der Waals surface area contributed by atoms with E-state index >= 15 is 0 Å². The number of carbonyl (C=O) groups excluding carboxylic acids is 1. The second-order valence-electron chi connectivity index (χ2n) is 8.84. The van der Waals surface area contributed by atoms with Gasteiger partial charge in [-0.15, -0.1) is 0 Å². The Kier molecular flexibility index (Phi) is 6.86. The quantitative estimate of drug-likeness (QED) is 0.608. The summed E-state index contributed by atoms with van der Waals surface area (Å²) in [4.78, 5) is 12.4. The average Bonchev–Trinajstić information content (AvgIpc) is 2.77. The van der Waals surface area contributed by atoms with E-state index in [1.807, 2.05) is 18.2 Å². The molecule has 0 bridgehead atoms. The zero-order valence-corrected chi connectivity index (χ0v) is 20.3. The fourth-order valence-corrected chi connectivity index (χ4v) is 5.61. The van der Waals surface area contributed by atoms with E-state index in [-0.39, 0.29) is 23.3 Å². The van der Waals surface area contributed by atoms with Gasteiger partial charge >= 0.3 is 5.97 Å². The first kappa shape index (κ1) is 24.1.